The third kappa shape index (κ3) is 4.74. The van der Waals surface area contributed by atoms with Crippen molar-refractivity contribution in [2.75, 3.05) is 13.1 Å². The van der Waals surface area contributed by atoms with Crippen LogP contribution < -0.4 is 5.32 Å². The summed E-state index contributed by atoms with van der Waals surface area (Å²) in [7, 11) is 0. The molecule has 2 fully saturated rings. The van der Waals surface area contributed by atoms with Gasteiger partial charge in [-0.15, -0.1) is 11.3 Å². The summed E-state index contributed by atoms with van der Waals surface area (Å²) in [5.41, 5.74) is 1.21. The first-order valence-electron chi connectivity index (χ1n) is 11.5. The van der Waals surface area contributed by atoms with Gasteiger partial charge in [-0.3, -0.25) is 9.59 Å². The Hall–Kier alpha value is -2.91. The number of alkyl halides is 3. The maximum absolute atomic E-state index is 13.7. The number of likely N-dealkylation sites (tertiary alicyclic amines) is 1. The molecule has 2 aliphatic rings. The third-order valence-corrected chi connectivity index (χ3v) is 8.14. The Morgan fingerprint density at radius 2 is 1.97 bits per heavy atom. The van der Waals surface area contributed by atoms with Crippen LogP contribution in [0.25, 0.3) is 10.4 Å². The average molecular weight is 534 g/mol. The maximum atomic E-state index is 13.7. The Morgan fingerprint density at radius 1 is 1.19 bits per heavy atom. The van der Waals surface area contributed by atoms with E-state index >= 15 is 0 Å². The molecule has 1 aromatic heterocycles. The van der Waals surface area contributed by atoms with E-state index in [9.17, 15) is 22.8 Å². The number of halogens is 4. The molecule has 36 heavy (non-hydrogen) atoms. The molecule has 0 radical (unpaired) electrons. The van der Waals surface area contributed by atoms with Crippen LogP contribution in [0, 0.1) is 25.7 Å². The quantitative estimate of drug-likeness (QED) is 0.438. The van der Waals surface area contributed by atoms with Gasteiger partial charge in [0.05, 0.1) is 32.1 Å². The van der Waals surface area contributed by atoms with E-state index in [0.717, 1.165) is 45.6 Å². The molecule has 1 saturated carbocycles. The molecule has 1 N–H and O–H groups in total. The Morgan fingerprint density at radius 3 is 2.69 bits per heavy atom. The van der Waals surface area contributed by atoms with Crippen molar-refractivity contribution in [3.8, 4) is 10.4 Å². The number of rotatable bonds is 5. The van der Waals surface area contributed by atoms with Crippen LogP contribution in [0.15, 0.2) is 42.5 Å². The van der Waals surface area contributed by atoms with Crippen molar-refractivity contribution in [2.24, 2.45) is 11.8 Å². The number of carbonyl (C=O) groups excluding carboxylic acids is 2. The minimum absolute atomic E-state index is 0.0649. The van der Waals surface area contributed by atoms with Gasteiger partial charge in [-0.1, -0.05) is 41.4 Å². The van der Waals surface area contributed by atoms with Crippen LogP contribution >= 0.6 is 22.9 Å². The summed E-state index contributed by atoms with van der Waals surface area (Å²) in [6.45, 7) is 4.54. The van der Waals surface area contributed by atoms with Gasteiger partial charge in [0.15, 0.2) is 0 Å². The van der Waals surface area contributed by atoms with Gasteiger partial charge in [-0.05, 0) is 55.9 Å². The number of amides is 2. The van der Waals surface area contributed by atoms with Crippen LogP contribution in [0.4, 0.5) is 13.2 Å². The van der Waals surface area contributed by atoms with Crippen LogP contribution in [0.2, 0.25) is 5.02 Å². The lowest BCUT2D eigenvalue weighted by molar-refractivity contribution is -0.137. The number of nitrogens with one attached hydrogen (secondary N) is 1. The van der Waals surface area contributed by atoms with Crippen molar-refractivity contribution in [2.45, 2.75) is 32.5 Å². The molecule has 2 amide bonds. The molecule has 3 aromatic rings. The highest BCUT2D eigenvalue weighted by Gasteiger charge is 2.54. The van der Waals surface area contributed by atoms with Crippen LogP contribution in [0.3, 0.4) is 0 Å². The lowest BCUT2D eigenvalue weighted by atomic mass is 10.1. The van der Waals surface area contributed by atoms with Crippen LogP contribution in [0.5, 0.6) is 0 Å². The summed E-state index contributed by atoms with van der Waals surface area (Å²) in [5, 5.41) is 3.43. The van der Waals surface area contributed by atoms with E-state index in [1.807, 2.05) is 38.1 Å². The first-order valence-corrected chi connectivity index (χ1v) is 12.7. The number of aromatic nitrogens is 1. The molecule has 1 unspecified atom stereocenters. The van der Waals surface area contributed by atoms with Gasteiger partial charge in [-0.2, -0.15) is 13.2 Å². The fraction of sp³-hybridized carbons (Fsp3) is 0.346. The fourth-order valence-electron chi connectivity index (χ4n) is 4.92. The van der Waals surface area contributed by atoms with Crippen LogP contribution in [-0.4, -0.2) is 40.8 Å². The first-order chi connectivity index (χ1) is 17.0. The highest BCUT2D eigenvalue weighted by atomic mass is 35.5. The minimum atomic E-state index is -4.59. The molecular weight excluding hydrogens is 511 g/mol. The average Bonchev–Trinajstić information content (AvgIpc) is 3.33. The lowest BCUT2D eigenvalue weighted by Gasteiger charge is -2.27. The van der Waals surface area contributed by atoms with E-state index in [-0.39, 0.29) is 35.0 Å². The molecule has 188 valence electrons. The molecule has 5 nitrogen and oxygen atoms in total. The summed E-state index contributed by atoms with van der Waals surface area (Å²) in [4.78, 5) is 33.5. The number of aryl methyl sites for hydroxylation is 2. The van der Waals surface area contributed by atoms with Gasteiger partial charge in [-0.25, -0.2) is 4.98 Å². The number of nitrogens with zero attached hydrogens (tertiary/aromatic N) is 2. The Bertz CT molecular complexity index is 1360. The molecule has 2 heterocycles. The number of piperidine rings is 1. The van der Waals surface area contributed by atoms with E-state index in [1.165, 1.54) is 11.3 Å². The van der Waals surface area contributed by atoms with Gasteiger partial charge >= 0.3 is 6.18 Å². The molecule has 1 saturated heterocycles. The third-order valence-electron chi connectivity index (χ3n) is 6.79. The number of thiazole rings is 1. The summed E-state index contributed by atoms with van der Waals surface area (Å²) in [6, 6.07) is 10.3. The number of benzene rings is 2. The molecule has 1 aliphatic heterocycles. The summed E-state index contributed by atoms with van der Waals surface area (Å²) in [6.07, 6.45) is -3.63. The standard InChI is InChI=1S/C26H23ClF3N3O2S/c1-13-4-3-5-15(8-13)23-22(32-14(2)36-23)25(35)33-12-16-9-18(16)21(33)11-31-24(34)19-10-17(26(28,29)30)6-7-20(19)27/h3-8,10,16,18,21H,9,11-12H2,1-2H3,(H,31,34)/t16-,18?,21-/m1/s1. The largest absolute Gasteiger partial charge is 0.416 e. The van der Waals surface area contributed by atoms with Crippen molar-refractivity contribution in [1.82, 2.24) is 15.2 Å². The van der Waals surface area contributed by atoms with E-state index in [2.05, 4.69) is 10.3 Å². The van der Waals surface area contributed by atoms with E-state index < -0.39 is 17.6 Å². The second kappa shape index (κ2) is 9.19. The van der Waals surface area contributed by atoms with Crippen molar-refractivity contribution in [3.63, 3.8) is 0 Å². The van der Waals surface area contributed by atoms with Crippen molar-refractivity contribution in [3.05, 3.63) is 74.9 Å². The second-order valence-electron chi connectivity index (χ2n) is 9.37. The Labute approximate surface area is 215 Å². The van der Waals surface area contributed by atoms with Gasteiger partial charge in [0.25, 0.3) is 11.8 Å². The SMILES string of the molecule is Cc1cccc(-c2sc(C)nc2C(=O)N2C[C@H]3CC3[C@H]2CNC(=O)c2cc(C(F)(F)F)ccc2Cl)c1. The summed E-state index contributed by atoms with van der Waals surface area (Å²) >= 11 is 7.48. The Kier molecular flexibility index (Phi) is 6.32. The van der Waals surface area contributed by atoms with E-state index in [0.29, 0.717) is 18.2 Å². The molecular formula is C26H23ClF3N3O2S. The first kappa shape index (κ1) is 24.8. The normalized spacial score (nSPS) is 20.8. The fourth-order valence-corrected chi connectivity index (χ4v) is 6.03. The molecule has 5 rings (SSSR count). The summed E-state index contributed by atoms with van der Waals surface area (Å²) < 4.78 is 39.3. The number of hydrogen-bond acceptors (Lipinski definition) is 4. The van der Waals surface area contributed by atoms with Gasteiger partial charge in [0, 0.05) is 13.1 Å². The van der Waals surface area contributed by atoms with Crippen molar-refractivity contribution < 1.29 is 22.8 Å². The summed E-state index contributed by atoms with van der Waals surface area (Å²) in [5.74, 6) is -0.296. The lowest BCUT2D eigenvalue weighted by Crippen LogP contribution is -2.45. The zero-order valence-corrected chi connectivity index (χ0v) is 21.1. The van der Waals surface area contributed by atoms with E-state index in [1.54, 1.807) is 4.90 Å². The number of fused-ring (bicyclic) bond motifs is 1. The van der Waals surface area contributed by atoms with Crippen molar-refractivity contribution >= 4 is 34.8 Å². The maximum Gasteiger partial charge on any atom is 0.416 e. The topological polar surface area (TPSA) is 62.3 Å². The zero-order valence-electron chi connectivity index (χ0n) is 19.5. The molecule has 0 bridgehead atoms. The number of hydrogen-bond donors (Lipinski definition) is 1. The van der Waals surface area contributed by atoms with Gasteiger partial charge < -0.3 is 10.2 Å². The smallest absolute Gasteiger partial charge is 0.350 e. The minimum Gasteiger partial charge on any atom is -0.350 e. The highest BCUT2D eigenvalue weighted by molar-refractivity contribution is 7.15. The van der Waals surface area contributed by atoms with E-state index in [4.69, 9.17) is 11.6 Å². The second-order valence-corrected chi connectivity index (χ2v) is 11.0. The van der Waals surface area contributed by atoms with Gasteiger partial charge in [0.1, 0.15) is 5.69 Å². The van der Waals surface area contributed by atoms with Crippen molar-refractivity contribution in [1.29, 1.82) is 0 Å². The number of carbonyl (C=O) groups is 2. The van der Waals surface area contributed by atoms with Crippen LogP contribution in [0.1, 0.15) is 43.4 Å². The molecule has 0 spiro atoms. The zero-order chi connectivity index (χ0) is 25.8. The predicted octanol–water partition coefficient (Wildman–Crippen LogP) is 5.99. The molecule has 10 heteroatoms. The van der Waals surface area contributed by atoms with Gasteiger partial charge in [0.2, 0.25) is 0 Å². The molecule has 1 aliphatic carbocycles. The van der Waals surface area contributed by atoms with Crippen LogP contribution in [-0.2, 0) is 6.18 Å². The molecule has 2 aromatic carbocycles. The highest BCUT2D eigenvalue weighted by Crippen LogP contribution is 2.50. The monoisotopic (exact) mass is 533 g/mol. The molecule has 3 atom stereocenters. The predicted molar refractivity (Wildman–Crippen MR) is 132 cm³/mol. The Balaban J connectivity index is 1.35.